The van der Waals surface area contributed by atoms with Gasteiger partial charge in [-0.05, 0) is 42.3 Å². The molecule has 2 aromatic carbocycles. The zero-order valence-electron chi connectivity index (χ0n) is 13.6. The zero-order chi connectivity index (χ0) is 17.8. The molecule has 1 aromatic heterocycles. The Labute approximate surface area is 150 Å². The maximum Gasteiger partial charge on any atom is 0.301 e. The second-order valence-corrected chi connectivity index (χ2v) is 6.07. The minimum absolute atomic E-state index is 0.101. The van der Waals surface area contributed by atoms with E-state index in [1.54, 1.807) is 6.07 Å². The minimum atomic E-state index is -0.458. The number of carbonyl (C=O) groups excluding carboxylic acids is 1. The topological polar surface area (TPSA) is 80.3 Å². The summed E-state index contributed by atoms with van der Waals surface area (Å²) in [6.45, 7) is 2.07. The fourth-order valence-electron chi connectivity index (χ4n) is 2.64. The average Bonchev–Trinajstić information content (AvgIpc) is 3.11. The first kappa shape index (κ1) is 17.1. The number of halogens is 1. The lowest BCUT2D eigenvalue weighted by Gasteiger charge is -2.16. The second kappa shape index (κ2) is 7.42. The van der Waals surface area contributed by atoms with E-state index in [1.165, 1.54) is 6.26 Å². The van der Waals surface area contributed by atoms with Gasteiger partial charge in [-0.15, -0.1) is 0 Å². The van der Waals surface area contributed by atoms with Gasteiger partial charge in [-0.25, -0.2) is 5.84 Å². The highest BCUT2D eigenvalue weighted by molar-refractivity contribution is 6.30. The smallest absolute Gasteiger partial charge is 0.301 e. The molecule has 0 aliphatic rings. The fraction of sp³-hybridized carbons (Fsp3) is 0.105. The highest BCUT2D eigenvalue weighted by Crippen LogP contribution is 2.27. The van der Waals surface area contributed by atoms with Crippen LogP contribution in [0.25, 0.3) is 11.1 Å². The molecule has 0 saturated carbocycles. The standard InChI is InChI=1S/C19H18ClN3O2/c1-12(22-16-4-2-3-15(20)11-16)13-5-7-14(8-6-13)17-9-10-25-18(17)19(24)23-21/h2-12,22H,21H2,1H3,(H,23,24)/t12-/m0/s1. The first-order chi connectivity index (χ1) is 12.1. The van der Waals surface area contributed by atoms with Crippen LogP contribution < -0.4 is 16.6 Å². The molecule has 0 fully saturated rings. The third-order valence-electron chi connectivity index (χ3n) is 3.93. The number of nitrogen functional groups attached to an aromatic ring is 1. The van der Waals surface area contributed by atoms with E-state index in [9.17, 15) is 4.79 Å². The van der Waals surface area contributed by atoms with E-state index in [0.717, 1.165) is 16.8 Å². The molecule has 4 N–H and O–H groups in total. The molecule has 0 radical (unpaired) electrons. The summed E-state index contributed by atoms with van der Waals surface area (Å²) < 4.78 is 5.22. The number of hydrogen-bond acceptors (Lipinski definition) is 4. The van der Waals surface area contributed by atoms with Crippen molar-refractivity contribution in [2.24, 2.45) is 5.84 Å². The van der Waals surface area contributed by atoms with Crippen LogP contribution in [0.15, 0.2) is 65.3 Å². The molecule has 3 aromatic rings. The second-order valence-electron chi connectivity index (χ2n) is 5.64. The molecule has 1 heterocycles. The van der Waals surface area contributed by atoms with Gasteiger partial charge in [0.25, 0.3) is 0 Å². The first-order valence-corrected chi connectivity index (χ1v) is 8.17. The normalized spacial score (nSPS) is 11.8. The van der Waals surface area contributed by atoms with E-state index < -0.39 is 5.91 Å². The molecule has 5 nitrogen and oxygen atoms in total. The van der Waals surface area contributed by atoms with Crippen molar-refractivity contribution in [2.75, 3.05) is 5.32 Å². The summed E-state index contributed by atoms with van der Waals surface area (Å²) in [5.74, 6) is 4.92. The van der Waals surface area contributed by atoms with Gasteiger partial charge in [-0.2, -0.15) is 0 Å². The Bertz CT molecular complexity index is 874. The molecule has 0 aliphatic heterocycles. The Morgan fingerprint density at radius 2 is 1.92 bits per heavy atom. The molecular weight excluding hydrogens is 338 g/mol. The number of hydrazine groups is 1. The van der Waals surface area contributed by atoms with E-state index in [0.29, 0.717) is 10.6 Å². The van der Waals surface area contributed by atoms with Crippen LogP contribution in [0.1, 0.15) is 29.1 Å². The minimum Gasteiger partial charge on any atom is -0.458 e. The van der Waals surface area contributed by atoms with E-state index in [1.807, 2.05) is 48.5 Å². The number of nitrogens with one attached hydrogen (secondary N) is 2. The molecule has 1 amide bonds. The number of furan rings is 1. The average molecular weight is 356 g/mol. The predicted octanol–water partition coefficient (Wildman–Crippen LogP) is 4.38. The van der Waals surface area contributed by atoms with E-state index in [-0.39, 0.29) is 11.8 Å². The van der Waals surface area contributed by atoms with E-state index in [4.69, 9.17) is 21.9 Å². The number of anilines is 1. The predicted molar refractivity (Wildman–Crippen MR) is 99.3 cm³/mol. The van der Waals surface area contributed by atoms with Crippen molar-refractivity contribution < 1.29 is 9.21 Å². The molecule has 1 atom stereocenters. The van der Waals surface area contributed by atoms with Gasteiger partial charge < -0.3 is 9.73 Å². The van der Waals surface area contributed by atoms with Gasteiger partial charge in [-0.1, -0.05) is 41.9 Å². The van der Waals surface area contributed by atoms with Crippen LogP contribution in [-0.2, 0) is 0 Å². The summed E-state index contributed by atoms with van der Waals surface area (Å²) in [5.41, 5.74) is 5.73. The number of carbonyl (C=O) groups is 1. The maximum atomic E-state index is 11.7. The van der Waals surface area contributed by atoms with Crippen molar-refractivity contribution in [3.63, 3.8) is 0 Å². The Hall–Kier alpha value is -2.76. The summed E-state index contributed by atoms with van der Waals surface area (Å²) in [5, 5.41) is 4.10. The number of hydrogen-bond donors (Lipinski definition) is 3. The van der Waals surface area contributed by atoms with Gasteiger partial charge in [0.15, 0.2) is 5.76 Å². The molecule has 0 bridgehead atoms. The first-order valence-electron chi connectivity index (χ1n) is 7.79. The molecule has 3 rings (SSSR count). The number of benzene rings is 2. The molecule has 128 valence electrons. The molecular formula is C19H18ClN3O2. The zero-order valence-corrected chi connectivity index (χ0v) is 14.4. The number of amides is 1. The van der Waals surface area contributed by atoms with Crippen molar-refractivity contribution in [1.29, 1.82) is 0 Å². The van der Waals surface area contributed by atoms with Gasteiger partial charge in [0.1, 0.15) is 0 Å². The molecule has 6 heteroatoms. The Morgan fingerprint density at radius 1 is 1.16 bits per heavy atom. The van der Waals surface area contributed by atoms with Gasteiger partial charge >= 0.3 is 5.91 Å². The number of nitrogens with two attached hydrogens (primary N) is 1. The van der Waals surface area contributed by atoms with E-state index >= 15 is 0 Å². The van der Waals surface area contributed by atoms with Crippen LogP contribution in [0.2, 0.25) is 5.02 Å². The Balaban J connectivity index is 1.78. The highest BCUT2D eigenvalue weighted by atomic mass is 35.5. The molecule has 0 saturated heterocycles. The van der Waals surface area contributed by atoms with Crippen LogP contribution in [0.3, 0.4) is 0 Å². The summed E-state index contributed by atoms with van der Waals surface area (Å²) in [4.78, 5) is 11.7. The molecule has 0 aliphatic carbocycles. The van der Waals surface area contributed by atoms with Crippen molar-refractivity contribution in [1.82, 2.24) is 5.43 Å². The quantitative estimate of drug-likeness (QED) is 0.360. The van der Waals surface area contributed by atoms with Crippen molar-refractivity contribution >= 4 is 23.2 Å². The SMILES string of the molecule is C[C@H](Nc1cccc(Cl)c1)c1ccc(-c2ccoc2C(=O)NN)cc1. The lowest BCUT2D eigenvalue weighted by Crippen LogP contribution is -2.29. The van der Waals surface area contributed by atoms with Gasteiger partial charge in [-0.3, -0.25) is 10.2 Å². The summed E-state index contributed by atoms with van der Waals surface area (Å²) in [7, 11) is 0. The van der Waals surface area contributed by atoms with Gasteiger partial charge in [0.05, 0.1) is 6.26 Å². The fourth-order valence-corrected chi connectivity index (χ4v) is 2.83. The molecule has 25 heavy (non-hydrogen) atoms. The highest BCUT2D eigenvalue weighted by Gasteiger charge is 2.16. The van der Waals surface area contributed by atoms with Crippen LogP contribution in [0.4, 0.5) is 5.69 Å². The van der Waals surface area contributed by atoms with Crippen LogP contribution in [-0.4, -0.2) is 5.91 Å². The largest absolute Gasteiger partial charge is 0.458 e. The van der Waals surface area contributed by atoms with Crippen LogP contribution in [0, 0.1) is 0 Å². The van der Waals surface area contributed by atoms with E-state index in [2.05, 4.69) is 17.7 Å². The Kier molecular flexibility index (Phi) is 5.07. The van der Waals surface area contributed by atoms with Crippen LogP contribution in [0.5, 0.6) is 0 Å². The lowest BCUT2D eigenvalue weighted by molar-refractivity contribution is 0.0927. The third kappa shape index (κ3) is 3.84. The summed E-state index contributed by atoms with van der Waals surface area (Å²) in [6.07, 6.45) is 1.47. The molecule has 0 spiro atoms. The van der Waals surface area contributed by atoms with Crippen molar-refractivity contribution in [3.05, 3.63) is 77.2 Å². The monoisotopic (exact) mass is 355 g/mol. The van der Waals surface area contributed by atoms with Crippen molar-refractivity contribution in [2.45, 2.75) is 13.0 Å². The van der Waals surface area contributed by atoms with Gasteiger partial charge in [0.2, 0.25) is 0 Å². The van der Waals surface area contributed by atoms with Gasteiger partial charge in [0, 0.05) is 22.3 Å². The summed E-state index contributed by atoms with van der Waals surface area (Å²) in [6, 6.07) is 17.4. The maximum absolute atomic E-state index is 11.7. The number of rotatable bonds is 5. The van der Waals surface area contributed by atoms with Crippen LogP contribution >= 0.6 is 11.6 Å². The molecule has 0 unspecified atom stereocenters. The third-order valence-corrected chi connectivity index (χ3v) is 4.17. The van der Waals surface area contributed by atoms with Crippen molar-refractivity contribution in [3.8, 4) is 11.1 Å². The summed E-state index contributed by atoms with van der Waals surface area (Å²) >= 11 is 6.01. The lowest BCUT2D eigenvalue weighted by atomic mass is 10.0. The Morgan fingerprint density at radius 3 is 2.60 bits per heavy atom.